The standard InChI is InChI=1S/C34H35FN4O3/c1-23-14-28(18-29(35)15-23)33-32(21-41-20-25-8-5-4-6-9-25)42-37-34-27(10-7-13-39(33)34)16-26-11-12-30(31(17-26)40-3)38-19-24(2)36-22-38/h4-6,8-9,11-12,14-19,22,32-33H,7,10,13,20-21H2,1-3H3/b27-16+/t32?,33-/m0/s1. The van der Waals surface area contributed by atoms with Gasteiger partial charge in [-0.3, -0.25) is 0 Å². The minimum Gasteiger partial charge on any atom is -0.495 e. The van der Waals surface area contributed by atoms with Crippen molar-refractivity contribution in [2.75, 3.05) is 20.3 Å². The number of piperidine rings is 1. The predicted octanol–water partition coefficient (Wildman–Crippen LogP) is 6.79. The number of rotatable bonds is 8. The molecule has 1 unspecified atom stereocenters. The SMILES string of the molecule is COc1cc(/C=C2\CCCN3C2=NOC(COCc2ccccc2)[C@@H]3c2cc(C)cc(F)c2)ccc1-n1cnc(C)c1. The summed E-state index contributed by atoms with van der Waals surface area (Å²) in [6.45, 7) is 5.45. The van der Waals surface area contributed by atoms with Gasteiger partial charge in [0.1, 0.15) is 11.6 Å². The van der Waals surface area contributed by atoms with Crippen LogP contribution in [0.4, 0.5) is 4.39 Å². The molecule has 0 spiro atoms. The van der Waals surface area contributed by atoms with Crippen molar-refractivity contribution in [3.8, 4) is 11.4 Å². The van der Waals surface area contributed by atoms with E-state index in [1.165, 1.54) is 0 Å². The van der Waals surface area contributed by atoms with Gasteiger partial charge >= 0.3 is 0 Å². The highest BCUT2D eigenvalue weighted by Gasteiger charge is 2.40. The van der Waals surface area contributed by atoms with Gasteiger partial charge in [0.25, 0.3) is 0 Å². The van der Waals surface area contributed by atoms with Crippen LogP contribution in [0.3, 0.4) is 0 Å². The summed E-state index contributed by atoms with van der Waals surface area (Å²) in [6, 6.07) is 21.1. The number of methoxy groups -OCH3 is 1. The molecule has 2 atom stereocenters. The van der Waals surface area contributed by atoms with Crippen molar-refractivity contribution in [2.24, 2.45) is 5.16 Å². The van der Waals surface area contributed by atoms with E-state index in [0.717, 1.165) is 70.2 Å². The summed E-state index contributed by atoms with van der Waals surface area (Å²) in [5, 5.41) is 4.62. The van der Waals surface area contributed by atoms with Crippen LogP contribution in [0.1, 0.15) is 46.8 Å². The van der Waals surface area contributed by atoms with Crippen molar-refractivity contribution in [1.29, 1.82) is 0 Å². The lowest BCUT2D eigenvalue weighted by Crippen LogP contribution is -2.49. The van der Waals surface area contributed by atoms with E-state index in [1.807, 2.05) is 73.1 Å². The average molecular weight is 567 g/mol. The number of fused-ring (bicyclic) bond motifs is 1. The summed E-state index contributed by atoms with van der Waals surface area (Å²) in [4.78, 5) is 12.7. The molecule has 7 nitrogen and oxygen atoms in total. The Balaban J connectivity index is 1.30. The molecule has 0 amide bonds. The number of hydrogen-bond donors (Lipinski definition) is 0. The predicted molar refractivity (Wildman–Crippen MR) is 161 cm³/mol. The van der Waals surface area contributed by atoms with Crippen LogP contribution in [-0.2, 0) is 16.2 Å². The lowest BCUT2D eigenvalue weighted by molar-refractivity contribution is -0.0716. The molecule has 1 aromatic heterocycles. The lowest BCUT2D eigenvalue weighted by atomic mass is 9.92. The zero-order valence-electron chi connectivity index (χ0n) is 24.2. The fraction of sp³-hybridized carbons (Fsp3) is 0.294. The number of aryl methyl sites for hydroxylation is 2. The molecule has 0 N–H and O–H groups in total. The molecule has 2 aliphatic rings. The Morgan fingerprint density at radius 2 is 1.93 bits per heavy atom. The van der Waals surface area contributed by atoms with Gasteiger partial charge in [0.05, 0.1) is 44.1 Å². The monoisotopic (exact) mass is 566 g/mol. The first-order chi connectivity index (χ1) is 20.5. The van der Waals surface area contributed by atoms with Crippen LogP contribution in [0.5, 0.6) is 5.75 Å². The molecule has 216 valence electrons. The van der Waals surface area contributed by atoms with Gasteiger partial charge in [-0.2, -0.15) is 0 Å². The van der Waals surface area contributed by atoms with E-state index < -0.39 is 6.10 Å². The molecule has 0 aliphatic carbocycles. The number of amidine groups is 1. The lowest BCUT2D eigenvalue weighted by Gasteiger charge is -2.44. The maximum absolute atomic E-state index is 14.6. The van der Waals surface area contributed by atoms with Gasteiger partial charge in [-0.05, 0) is 84.9 Å². The van der Waals surface area contributed by atoms with Crippen LogP contribution >= 0.6 is 0 Å². The van der Waals surface area contributed by atoms with Crippen LogP contribution in [0.2, 0.25) is 0 Å². The summed E-state index contributed by atoms with van der Waals surface area (Å²) in [5.41, 5.74) is 6.73. The highest BCUT2D eigenvalue weighted by atomic mass is 19.1. The second kappa shape index (κ2) is 12.2. The largest absolute Gasteiger partial charge is 0.495 e. The average Bonchev–Trinajstić information content (AvgIpc) is 3.43. The van der Waals surface area contributed by atoms with Crippen LogP contribution in [0.25, 0.3) is 11.8 Å². The van der Waals surface area contributed by atoms with Crippen LogP contribution in [0.15, 0.2) is 90.0 Å². The number of hydrogen-bond acceptors (Lipinski definition) is 6. The van der Waals surface area contributed by atoms with Crippen molar-refractivity contribution in [2.45, 2.75) is 45.4 Å². The first-order valence-electron chi connectivity index (χ1n) is 14.3. The first-order valence-corrected chi connectivity index (χ1v) is 14.3. The molecular formula is C34H35FN4O3. The van der Waals surface area contributed by atoms with E-state index in [1.54, 1.807) is 25.6 Å². The summed E-state index contributed by atoms with van der Waals surface area (Å²) in [7, 11) is 1.67. The minimum absolute atomic E-state index is 0.243. The third kappa shape index (κ3) is 5.94. The number of imidazole rings is 1. The zero-order valence-corrected chi connectivity index (χ0v) is 24.2. The molecular weight excluding hydrogens is 531 g/mol. The molecule has 0 radical (unpaired) electrons. The smallest absolute Gasteiger partial charge is 0.175 e. The third-order valence-electron chi connectivity index (χ3n) is 7.70. The molecule has 3 aromatic carbocycles. The third-order valence-corrected chi connectivity index (χ3v) is 7.70. The number of ether oxygens (including phenoxy) is 2. The van der Waals surface area contributed by atoms with Gasteiger partial charge in [0.15, 0.2) is 11.9 Å². The van der Waals surface area contributed by atoms with Gasteiger partial charge in [-0.1, -0.05) is 47.6 Å². The molecule has 2 aliphatic heterocycles. The van der Waals surface area contributed by atoms with E-state index in [0.29, 0.717) is 13.2 Å². The van der Waals surface area contributed by atoms with Crippen LogP contribution in [-0.4, -0.2) is 46.7 Å². The summed E-state index contributed by atoms with van der Waals surface area (Å²) >= 11 is 0. The maximum atomic E-state index is 14.6. The molecule has 0 saturated carbocycles. The Morgan fingerprint density at radius 3 is 2.69 bits per heavy atom. The van der Waals surface area contributed by atoms with Gasteiger partial charge in [-0.15, -0.1) is 0 Å². The fourth-order valence-corrected chi connectivity index (χ4v) is 5.81. The van der Waals surface area contributed by atoms with Gasteiger partial charge in [0, 0.05) is 12.7 Å². The number of benzene rings is 3. The molecule has 8 heteroatoms. The Labute approximate surface area is 245 Å². The van der Waals surface area contributed by atoms with E-state index >= 15 is 0 Å². The second-order valence-electron chi connectivity index (χ2n) is 10.9. The van der Waals surface area contributed by atoms with Crippen molar-refractivity contribution >= 4 is 11.9 Å². The van der Waals surface area contributed by atoms with Crippen LogP contribution < -0.4 is 4.74 Å². The number of nitrogens with zero attached hydrogens (tertiary/aromatic N) is 4. The Bertz CT molecular complexity index is 1590. The highest BCUT2D eigenvalue weighted by Crippen LogP contribution is 2.37. The Hall–Kier alpha value is -4.43. The van der Waals surface area contributed by atoms with E-state index in [2.05, 4.69) is 27.2 Å². The molecule has 4 aromatic rings. The normalized spacial score (nSPS) is 19.3. The molecule has 42 heavy (non-hydrogen) atoms. The number of halogens is 1. The van der Waals surface area contributed by atoms with Gasteiger partial charge in [-0.25, -0.2) is 9.37 Å². The first kappa shape index (κ1) is 27.7. The van der Waals surface area contributed by atoms with E-state index in [4.69, 9.17) is 14.3 Å². The summed E-state index contributed by atoms with van der Waals surface area (Å²) in [5.74, 6) is 1.27. The summed E-state index contributed by atoms with van der Waals surface area (Å²) in [6.07, 6.45) is 7.30. The second-order valence-corrected chi connectivity index (χ2v) is 10.9. The van der Waals surface area contributed by atoms with Gasteiger partial charge < -0.3 is 23.8 Å². The van der Waals surface area contributed by atoms with Crippen molar-refractivity contribution in [3.05, 3.63) is 119 Å². The summed E-state index contributed by atoms with van der Waals surface area (Å²) < 4.78 is 28.4. The van der Waals surface area contributed by atoms with Crippen LogP contribution in [0, 0.1) is 19.7 Å². The number of aromatic nitrogens is 2. The van der Waals surface area contributed by atoms with Crippen molar-refractivity contribution in [1.82, 2.24) is 14.5 Å². The quantitative estimate of drug-likeness (QED) is 0.235. The van der Waals surface area contributed by atoms with E-state index in [9.17, 15) is 4.39 Å². The van der Waals surface area contributed by atoms with Gasteiger partial charge in [0.2, 0.25) is 0 Å². The highest BCUT2D eigenvalue weighted by molar-refractivity contribution is 6.03. The Kier molecular flexibility index (Phi) is 8.06. The van der Waals surface area contributed by atoms with E-state index in [-0.39, 0.29) is 11.9 Å². The minimum atomic E-state index is -0.393. The zero-order chi connectivity index (χ0) is 29.1. The topological polar surface area (TPSA) is 61.1 Å². The number of oxime groups is 1. The van der Waals surface area contributed by atoms with Crippen molar-refractivity contribution in [3.63, 3.8) is 0 Å². The van der Waals surface area contributed by atoms with Crippen molar-refractivity contribution < 1.29 is 18.7 Å². The molecule has 1 saturated heterocycles. The molecule has 3 heterocycles. The molecule has 1 fully saturated rings. The Morgan fingerprint density at radius 1 is 1.07 bits per heavy atom. The molecule has 6 rings (SSSR count). The maximum Gasteiger partial charge on any atom is 0.175 e. The fourth-order valence-electron chi connectivity index (χ4n) is 5.81. The molecule has 0 bridgehead atoms.